The molecule has 1 N–H and O–H groups in total. The summed E-state index contributed by atoms with van der Waals surface area (Å²) < 4.78 is 30.0. The number of aryl methyl sites for hydroxylation is 1. The second kappa shape index (κ2) is 25.0. The van der Waals surface area contributed by atoms with Crippen molar-refractivity contribution >= 4 is 17.7 Å². The maximum Gasteiger partial charge on any atom is 0.237 e. The average molecular weight is 725 g/mol. The van der Waals surface area contributed by atoms with Crippen LogP contribution in [-0.4, -0.2) is 60.2 Å². The molecule has 1 amide bonds. The minimum Gasteiger partial charge on any atom is -0.362 e. The smallest absolute Gasteiger partial charge is 0.237 e. The highest BCUT2D eigenvalue weighted by molar-refractivity contribution is 5.89. The Labute approximate surface area is 317 Å². The number of hydrogen-bond donors (Lipinski definition) is 1. The van der Waals surface area contributed by atoms with E-state index in [0.29, 0.717) is 42.0 Å². The van der Waals surface area contributed by atoms with E-state index in [9.17, 15) is 9.18 Å². The number of benzene rings is 1. The Hall–Kier alpha value is -3.06. The number of rotatable bonds is 16. The Balaban J connectivity index is 0.00000134. The van der Waals surface area contributed by atoms with Crippen LogP contribution in [0.15, 0.2) is 58.7 Å². The average Bonchev–Trinajstić information content (AvgIpc) is 3.59. The summed E-state index contributed by atoms with van der Waals surface area (Å²) in [7, 11) is 0. The van der Waals surface area contributed by atoms with Gasteiger partial charge in [-0.15, -0.1) is 0 Å². The summed E-state index contributed by atoms with van der Waals surface area (Å²) in [4.78, 5) is 21.5. The zero-order valence-electron chi connectivity index (χ0n) is 35.0. The lowest BCUT2D eigenvalue weighted by atomic mass is 9.92. The number of hydrogen-bond acceptors (Lipinski definition) is 4. The van der Waals surface area contributed by atoms with E-state index >= 15 is 4.39 Å². The number of amides is 1. The van der Waals surface area contributed by atoms with Crippen molar-refractivity contribution in [1.29, 1.82) is 0 Å². The van der Waals surface area contributed by atoms with Crippen LogP contribution in [0.25, 0.3) is 5.57 Å². The third kappa shape index (κ3) is 17.2. The van der Waals surface area contributed by atoms with Crippen LogP contribution in [0, 0.1) is 25.6 Å². The summed E-state index contributed by atoms with van der Waals surface area (Å²) >= 11 is 0. The largest absolute Gasteiger partial charge is 0.362 e. The summed E-state index contributed by atoms with van der Waals surface area (Å²) in [5.74, 6) is 0.649. The molecule has 2 aliphatic rings. The molecule has 0 bridgehead atoms. The lowest BCUT2D eigenvalue weighted by Crippen LogP contribution is -2.43. The Morgan fingerprint density at radius 1 is 1.04 bits per heavy atom. The molecule has 7 heteroatoms. The quantitative estimate of drug-likeness (QED) is 0.173. The molecular formula is C45H74F2N4O. The number of halogens is 2. The molecule has 294 valence electrons. The van der Waals surface area contributed by atoms with Crippen LogP contribution in [-0.2, 0) is 4.79 Å². The topological polar surface area (TPSA) is 47.9 Å². The summed E-state index contributed by atoms with van der Waals surface area (Å²) in [6, 6.07) is 3.26. The molecule has 2 heterocycles. The Bertz CT molecular complexity index is 1350. The summed E-state index contributed by atoms with van der Waals surface area (Å²) in [6.45, 7) is 30.9. The van der Waals surface area contributed by atoms with Gasteiger partial charge in [-0.05, 0) is 119 Å². The number of nitrogens with one attached hydrogen (secondary N) is 1. The lowest BCUT2D eigenvalue weighted by molar-refractivity contribution is -0.132. The molecule has 0 saturated carbocycles. The van der Waals surface area contributed by atoms with Crippen molar-refractivity contribution in [2.45, 2.75) is 152 Å². The van der Waals surface area contributed by atoms with Crippen molar-refractivity contribution < 1.29 is 13.6 Å². The van der Waals surface area contributed by atoms with Crippen molar-refractivity contribution in [3.8, 4) is 0 Å². The van der Waals surface area contributed by atoms with Gasteiger partial charge in [0.05, 0.1) is 18.3 Å². The van der Waals surface area contributed by atoms with Crippen molar-refractivity contribution in [1.82, 2.24) is 15.1 Å². The Morgan fingerprint density at radius 2 is 1.69 bits per heavy atom. The van der Waals surface area contributed by atoms with Gasteiger partial charge in [0.1, 0.15) is 17.5 Å². The predicted octanol–water partition coefficient (Wildman–Crippen LogP) is 12.1. The number of carbonyl (C=O) groups is 1. The molecule has 52 heavy (non-hydrogen) atoms. The van der Waals surface area contributed by atoms with E-state index in [2.05, 4.69) is 89.3 Å². The normalized spacial score (nSPS) is 16.8. The van der Waals surface area contributed by atoms with E-state index in [1.807, 2.05) is 24.8 Å². The van der Waals surface area contributed by atoms with Crippen LogP contribution in [0.3, 0.4) is 0 Å². The number of nitrogens with zero attached hydrogens (tertiary/aromatic N) is 3. The maximum atomic E-state index is 15.5. The Morgan fingerprint density at radius 3 is 2.23 bits per heavy atom. The summed E-state index contributed by atoms with van der Waals surface area (Å²) in [5, 5.41) is 3.40. The standard InChI is InChI=1S/C36H52F2N4O.C6H14.C3H8/c1-8-10-13-32(31-21-27(4)28(5)33(37)22-31)34(38)23-39-29(6)40-36(7,16-9-2)17-14-30-24-42(20-15-26(30)3)35(43)25-41-18-11-12-19-41;1-4-5-6(2)3;1-3-2/h14,17,21-23,40H,6,8-13,15-16,18-20,24-25H2,1-5,7H3;6H,4-5H2,1-3H3;3H2,1-2H3/b17-14-,34-32-,39-23-;;. The molecule has 2 aliphatic heterocycles. The van der Waals surface area contributed by atoms with Gasteiger partial charge in [-0.2, -0.15) is 0 Å². The molecule has 1 unspecified atom stereocenters. The fourth-order valence-corrected chi connectivity index (χ4v) is 6.41. The van der Waals surface area contributed by atoms with Crippen molar-refractivity contribution in [2.75, 3.05) is 32.7 Å². The molecule has 1 fully saturated rings. The number of allylic oxidation sites excluding steroid dienone is 2. The van der Waals surface area contributed by atoms with E-state index in [1.165, 1.54) is 50.0 Å². The first-order valence-corrected chi connectivity index (χ1v) is 20.2. The molecule has 1 aromatic carbocycles. The molecule has 0 radical (unpaired) electrons. The summed E-state index contributed by atoms with van der Waals surface area (Å²) in [5.41, 5.74) is 4.39. The molecule has 3 rings (SSSR count). The number of carbonyl (C=O) groups excluding carboxylic acids is 1. The molecule has 5 nitrogen and oxygen atoms in total. The van der Waals surface area contributed by atoms with E-state index in [-0.39, 0.29) is 11.7 Å². The van der Waals surface area contributed by atoms with Crippen LogP contribution in [0.4, 0.5) is 8.78 Å². The van der Waals surface area contributed by atoms with Gasteiger partial charge in [0.15, 0.2) is 0 Å². The predicted molar refractivity (Wildman–Crippen MR) is 222 cm³/mol. The fourth-order valence-electron chi connectivity index (χ4n) is 6.41. The first-order valence-electron chi connectivity index (χ1n) is 20.2. The van der Waals surface area contributed by atoms with Crippen molar-refractivity contribution in [3.05, 3.63) is 76.2 Å². The highest BCUT2D eigenvalue weighted by Gasteiger charge is 2.25. The molecule has 0 aliphatic carbocycles. The highest BCUT2D eigenvalue weighted by atomic mass is 19.1. The van der Waals surface area contributed by atoms with Gasteiger partial charge in [-0.1, -0.05) is 111 Å². The van der Waals surface area contributed by atoms with Crippen LogP contribution in [0.2, 0.25) is 0 Å². The SMILES string of the molecule is C=C(/N=C\C(F)=C(/CCCC)c1cc(C)c(C)c(F)c1)NC(C)(/C=C\C1=C(C)CCN(C(=O)CN2CCCC2)C1)CCC.CCC.CCCC(C)C. The lowest BCUT2D eigenvalue weighted by Gasteiger charge is -2.32. The Kier molecular flexibility index (Phi) is 22.6. The molecule has 0 spiro atoms. The molecular weight excluding hydrogens is 651 g/mol. The third-order valence-electron chi connectivity index (χ3n) is 9.65. The van der Waals surface area contributed by atoms with E-state index in [1.54, 1.807) is 6.92 Å². The summed E-state index contributed by atoms with van der Waals surface area (Å²) in [6.07, 6.45) is 16.6. The van der Waals surface area contributed by atoms with Gasteiger partial charge in [0.2, 0.25) is 5.91 Å². The van der Waals surface area contributed by atoms with Crippen LogP contribution < -0.4 is 5.32 Å². The molecule has 1 atom stereocenters. The fraction of sp³-hybridized carbons (Fsp3) is 0.644. The van der Waals surface area contributed by atoms with Gasteiger partial charge >= 0.3 is 0 Å². The number of aliphatic imine (C=N–C) groups is 1. The highest BCUT2D eigenvalue weighted by Crippen LogP contribution is 2.29. The van der Waals surface area contributed by atoms with Gasteiger partial charge in [-0.25, -0.2) is 13.8 Å². The van der Waals surface area contributed by atoms with Crippen LogP contribution >= 0.6 is 0 Å². The van der Waals surface area contributed by atoms with Gasteiger partial charge in [0, 0.05) is 13.1 Å². The molecule has 1 aromatic rings. The number of unbranched alkanes of at least 4 members (excludes halogenated alkanes) is 1. The van der Waals surface area contributed by atoms with Crippen molar-refractivity contribution in [3.63, 3.8) is 0 Å². The molecule has 0 aromatic heterocycles. The van der Waals surface area contributed by atoms with E-state index in [0.717, 1.165) is 68.8 Å². The maximum absolute atomic E-state index is 15.5. The van der Waals surface area contributed by atoms with Crippen LogP contribution in [0.5, 0.6) is 0 Å². The second-order valence-electron chi connectivity index (χ2n) is 15.4. The number of likely N-dealkylation sites (tertiary alicyclic amines) is 1. The first kappa shape index (κ1) is 47.0. The zero-order valence-corrected chi connectivity index (χ0v) is 35.0. The van der Waals surface area contributed by atoms with Gasteiger partial charge in [-0.3, -0.25) is 9.69 Å². The van der Waals surface area contributed by atoms with E-state index < -0.39 is 11.4 Å². The van der Waals surface area contributed by atoms with E-state index in [4.69, 9.17) is 0 Å². The monoisotopic (exact) mass is 725 g/mol. The zero-order chi connectivity index (χ0) is 39.3. The third-order valence-corrected chi connectivity index (χ3v) is 9.65. The second-order valence-corrected chi connectivity index (χ2v) is 15.4. The van der Waals surface area contributed by atoms with Gasteiger partial charge < -0.3 is 10.2 Å². The first-order chi connectivity index (χ1) is 24.6. The van der Waals surface area contributed by atoms with Gasteiger partial charge in [0.25, 0.3) is 0 Å². The van der Waals surface area contributed by atoms with Crippen molar-refractivity contribution in [2.24, 2.45) is 10.9 Å². The van der Waals surface area contributed by atoms with Crippen LogP contribution in [0.1, 0.15) is 150 Å². The minimum absolute atomic E-state index is 0.203. The molecule has 1 saturated heterocycles. The minimum atomic E-state index is -0.478.